The number of hydrogen-bond donors (Lipinski definition) is 0. The molecule has 1 aliphatic heterocycles. The molecule has 1 aromatic rings. The summed E-state index contributed by atoms with van der Waals surface area (Å²) in [5.74, 6) is 0.0655. The SMILES string of the molecule is CC(C(=O)C1CCOc2ccccc21)S(C)(=O)=O. The Morgan fingerprint density at radius 3 is 2.72 bits per heavy atom. The smallest absolute Gasteiger partial charge is 0.158 e. The zero-order valence-corrected chi connectivity index (χ0v) is 11.2. The first kappa shape index (κ1) is 13.1. The normalized spacial score (nSPS) is 20.7. The summed E-state index contributed by atoms with van der Waals surface area (Å²) in [5.41, 5.74) is 0.796. The van der Waals surface area contributed by atoms with Crippen LogP contribution < -0.4 is 4.74 Å². The van der Waals surface area contributed by atoms with Crippen molar-refractivity contribution in [3.63, 3.8) is 0 Å². The van der Waals surface area contributed by atoms with Crippen molar-refractivity contribution in [1.82, 2.24) is 0 Å². The zero-order valence-electron chi connectivity index (χ0n) is 10.4. The van der Waals surface area contributed by atoms with Crippen LogP contribution in [-0.4, -0.2) is 32.3 Å². The van der Waals surface area contributed by atoms with Gasteiger partial charge in [-0.1, -0.05) is 18.2 Å². The molecule has 0 bridgehead atoms. The minimum absolute atomic E-state index is 0.242. The lowest BCUT2D eigenvalue weighted by molar-refractivity contribution is -0.120. The number of benzene rings is 1. The Balaban J connectivity index is 2.34. The minimum Gasteiger partial charge on any atom is -0.493 e. The van der Waals surface area contributed by atoms with E-state index in [1.165, 1.54) is 6.92 Å². The van der Waals surface area contributed by atoms with Crippen molar-refractivity contribution in [2.24, 2.45) is 0 Å². The summed E-state index contributed by atoms with van der Waals surface area (Å²) in [6.07, 6.45) is 1.64. The average Bonchev–Trinajstić information content (AvgIpc) is 2.35. The highest BCUT2D eigenvalue weighted by molar-refractivity contribution is 7.92. The van der Waals surface area contributed by atoms with Crippen molar-refractivity contribution < 1.29 is 17.9 Å². The van der Waals surface area contributed by atoms with Gasteiger partial charge in [0.2, 0.25) is 0 Å². The molecule has 98 valence electrons. The molecule has 0 spiro atoms. The second-order valence-electron chi connectivity index (χ2n) is 4.60. The number of Topliss-reactive ketones (excluding diaryl/α,β-unsaturated/α-hetero) is 1. The van der Waals surface area contributed by atoms with Crippen LogP contribution in [0, 0.1) is 0 Å². The minimum atomic E-state index is -3.34. The van der Waals surface area contributed by atoms with Crippen molar-refractivity contribution in [2.75, 3.05) is 12.9 Å². The molecule has 1 aromatic carbocycles. The van der Waals surface area contributed by atoms with Crippen LogP contribution in [0.3, 0.4) is 0 Å². The average molecular weight is 268 g/mol. The Morgan fingerprint density at radius 2 is 2.06 bits per heavy atom. The van der Waals surface area contributed by atoms with Crippen LogP contribution >= 0.6 is 0 Å². The molecule has 0 N–H and O–H groups in total. The Bertz CT molecular complexity index is 562. The van der Waals surface area contributed by atoms with Crippen molar-refractivity contribution >= 4 is 15.6 Å². The van der Waals surface area contributed by atoms with E-state index in [0.717, 1.165) is 11.8 Å². The summed E-state index contributed by atoms with van der Waals surface area (Å²) < 4.78 is 28.4. The molecular formula is C13H16O4S. The number of carbonyl (C=O) groups excluding carboxylic acids is 1. The first-order chi connectivity index (χ1) is 8.41. The molecule has 4 nitrogen and oxygen atoms in total. The van der Waals surface area contributed by atoms with E-state index in [-0.39, 0.29) is 11.7 Å². The molecule has 0 amide bonds. The largest absolute Gasteiger partial charge is 0.493 e. The van der Waals surface area contributed by atoms with Crippen LogP contribution in [-0.2, 0) is 14.6 Å². The van der Waals surface area contributed by atoms with E-state index >= 15 is 0 Å². The van der Waals surface area contributed by atoms with E-state index in [9.17, 15) is 13.2 Å². The Labute approximate surface area is 107 Å². The van der Waals surface area contributed by atoms with Gasteiger partial charge in [0.05, 0.1) is 12.5 Å². The maximum atomic E-state index is 12.3. The van der Waals surface area contributed by atoms with E-state index in [2.05, 4.69) is 0 Å². The van der Waals surface area contributed by atoms with Gasteiger partial charge in [-0.05, 0) is 19.4 Å². The monoisotopic (exact) mass is 268 g/mol. The highest BCUT2D eigenvalue weighted by Gasteiger charge is 2.34. The molecule has 0 radical (unpaired) electrons. The van der Waals surface area contributed by atoms with Crippen molar-refractivity contribution in [2.45, 2.75) is 24.5 Å². The third-order valence-corrected chi connectivity index (χ3v) is 4.86. The Kier molecular flexibility index (Phi) is 3.43. The molecule has 2 atom stereocenters. The van der Waals surface area contributed by atoms with Gasteiger partial charge in [0, 0.05) is 11.8 Å². The van der Waals surface area contributed by atoms with Gasteiger partial charge in [0.15, 0.2) is 15.6 Å². The molecule has 1 aliphatic rings. The van der Waals surface area contributed by atoms with E-state index in [0.29, 0.717) is 18.8 Å². The number of hydrogen-bond acceptors (Lipinski definition) is 4. The second kappa shape index (κ2) is 4.72. The van der Waals surface area contributed by atoms with Crippen molar-refractivity contribution in [1.29, 1.82) is 0 Å². The lowest BCUT2D eigenvalue weighted by Crippen LogP contribution is -2.33. The summed E-state index contributed by atoms with van der Waals surface area (Å²) in [5, 5.41) is -0.964. The number of sulfone groups is 1. The number of carbonyl (C=O) groups is 1. The van der Waals surface area contributed by atoms with Crippen LogP contribution in [0.5, 0.6) is 5.75 Å². The predicted octanol–water partition coefficient (Wildman–Crippen LogP) is 1.55. The first-order valence-corrected chi connectivity index (χ1v) is 7.81. The second-order valence-corrected chi connectivity index (χ2v) is 6.97. The lowest BCUT2D eigenvalue weighted by atomic mass is 9.88. The molecule has 2 unspecified atom stereocenters. The standard InChI is InChI=1S/C13H16O4S/c1-9(18(2,15)16)13(14)11-7-8-17-12-6-4-3-5-10(11)12/h3-6,9,11H,7-8H2,1-2H3. The van der Waals surface area contributed by atoms with Crippen LogP contribution in [0.2, 0.25) is 0 Å². The maximum absolute atomic E-state index is 12.3. The molecule has 0 saturated carbocycles. The number of para-hydroxylation sites is 1. The Hall–Kier alpha value is -1.36. The molecule has 0 fully saturated rings. The third kappa shape index (κ3) is 2.41. The van der Waals surface area contributed by atoms with Crippen molar-refractivity contribution in [3.8, 4) is 5.75 Å². The summed E-state index contributed by atoms with van der Waals surface area (Å²) in [4.78, 5) is 12.3. The Morgan fingerprint density at radius 1 is 1.39 bits per heavy atom. The van der Waals surface area contributed by atoms with Crippen LogP contribution in [0.1, 0.15) is 24.8 Å². The zero-order chi connectivity index (χ0) is 13.3. The van der Waals surface area contributed by atoms with Gasteiger partial charge in [-0.3, -0.25) is 4.79 Å². The van der Waals surface area contributed by atoms with Gasteiger partial charge < -0.3 is 4.74 Å². The molecule has 5 heteroatoms. The van der Waals surface area contributed by atoms with Crippen LogP contribution in [0.25, 0.3) is 0 Å². The molecular weight excluding hydrogens is 252 g/mol. The number of ketones is 1. The topological polar surface area (TPSA) is 60.4 Å². The summed E-state index contributed by atoms with van der Waals surface area (Å²) in [7, 11) is -3.34. The number of fused-ring (bicyclic) bond motifs is 1. The van der Waals surface area contributed by atoms with Crippen LogP contribution in [0.15, 0.2) is 24.3 Å². The molecule has 0 aromatic heterocycles. The molecule has 0 aliphatic carbocycles. The molecule has 1 heterocycles. The van der Waals surface area contributed by atoms with E-state index in [1.807, 2.05) is 18.2 Å². The summed E-state index contributed by atoms with van der Waals surface area (Å²) in [6.45, 7) is 1.90. The first-order valence-electron chi connectivity index (χ1n) is 5.85. The van der Waals surface area contributed by atoms with Gasteiger partial charge in [0.25, 0.3) is 0 Å². The lowest BCUT2D eigenvalue weighted by Gasteiger charge is -2.26. The maximum Gasteiger partial charge on any atom is 0.158 e. The number of rotatable bonds is 3. The van der Waals surface area contributed by atoms with Gasteiger partial charge in [-0.2, -0.15) is 0 Å². The van der Waals surface area contributed by atoms with Gasteiger partial charge in [0.1, 0.15) is 11.0 Å². The van der Waals surface area contributed by atoms with E-state index in [4.69, 9.17) is 4.74 Å². The quantitative estimate of drug-likeness (QED) is 0.834. The summed E-state index contributed by atoms with van der Waals surface area (Å²) in [6, 6.07) is 7.30. The van der Waals surface area contributed by atoms with Gasteiger partial charge in [-0.15, -0.1) is 0 Å². The van der Waals surface area contributed by atoms with Gasteiger partial charge >= 0.3 is 0 Å². The summed E-state index contributed by atoms with van der Waals surface area (Å²) >= 11 is 0. The van der Waals surface area contributed by atoms with Gasteiger partial charge in [-0.25, -0.2) is 8.42 Å². The van der Waals surface area contributed by atoms with E-state index in [1.54, 1.807) is 6.07 Å². The fraction of sp³-hybridized carbons (Fsp3) is 0.462. The highest BCUT2D eigenvalue weighted by Crippen LogP contribution is 2.35. The number of ether oxygens (including phenoxy) is 1. The van der Waals surface area contributed by atoms with E-state index < -0.39 is 15.1 Å². The molecule has 18 heavy (non-hydrogen) atoms. The molecule has 0 saturated heterocycles. The fourth-order valence-electron chi connectivity index (χ4n) is 2.13. The predicted molar refractivity (Wildman–Crippen MR) is 68.6 cm³/mol. The van der Waals surface area contributed by atoms with Crippen LogP contribution in [0.4, 0.5) is 0 Å². The molecule has 2 rings (SSSR count). The third-order valence-electron chi connectivity index (χ3n) is 3.34. The van der Waals surface area contributed by atoms with Crippen molar-refractivity contribution in [3.05, 3.63) is 29.8 Å². The highest BCUT2D eigenvalue weighted by atomic mass is 32.2. The fourth-order valence-corrected chi connectivity index (χ4v) is 2.72.